The fourth-order valence-electron chi connectivity index (χ4n) is 6.96. The number of halogens is 2. The molecule has 6 heterocycles. The molecule has 2 saturated carbocycles. The number of pyridine rings is 2. The molecule has 2 fully saturated rings. The lowest BCUT2D eigenvalue weighted by molar-refractivity contribution is -0.191. The quantitative estimate of drug-likeness (QED) is 0.155. The highest BCUT2D eigenvalue weighted by molar-refractivity contribution is 5.90. The summed E-state index contributed by atoms with van der Waals surface area (Å²) in [6, 6.07) is 16.9. The molecule has 0 atom stereocenters. The second kappa shape index (κ2) is 17.2. The molecule has 0 radical (unpaired) electrons. The highest BCUT2D eigenvalue weighted by atomic mass is 19.1. The van der Waals surface area contributed by atoms with E-state index < -0.39 is 5.91 Å². The largest absolute Gasteiger partial charge is 0.373 e. The molecule has 0 saturated heterocycles. The van der Waals surface area contributed by atoms with Gasteiger partial charge in [0.1, 0.15) is 40.2 Å². The molecular weight excluding hydrogens is 712 g/mol. The summed E-state index contributed by atoms with van der Waals surface area (Å²) in [6.45, 7) is 1.84. The Morgan fingerprint density at radius 3 is 1.53 bits per heavy atom. The zero-order valence-electron chi connectivity index (χ0n) is 30.0. The first-order chi connectivity index (χ1) is 26.6. The molecule has 0 bridgehead atoms. The molecule has 0 aromatic carbocycles. The van der Waals surface area contributed by atoms with Gasteiger partial charge in [-0.1, -0.05) is 23.2 Å². The van der Waals surface area contributed by atoms with Gasteiger partial charge in [0.05, 0.1) is 22.8 Å². The van der Waals surface area contributed by atoms with Crippen molar-refractivity contribution in [1.29, 1.82) is 0 Å². The summed E-state index contributed by atoms with van der Waals surface area (Å²) in [5, 5.41) is 24.6. The Hall–Kier alpha value is -6.41. The SMILES string of the molecule is Cc1cc(-c2ccc(CCC3(c4ncccc4F)CCC3)nn2)no1.NC(=O)c1cc(-c2ccc(CCC3(c4ncccc4F)CCC3)nn2)no1.O=C=O. The maximum atomic E-state index is 14.2. The molecule has 14 nitrogen and oxygen atoms in total. The molecule has 16 heteroatoms. The van der Waals surface area contributed by atoms with Crippen LogP contribution in [0.1, 0.15) is 90.5 Å². The van der Waals surface area contributed by atoms with Gasteiger partial charge in [-0.15, -0.1) is 10.2 Å². The lowest BCUT2D eigenvalue weighted by Crippen LogP contribution is -2.36. The van der Waals surface area contributed by atoms with Crippen LogP contribution in [0.3, 0.4) is 0 Å². The number of primary amides is 1. The number of aromatic nitrogens is 8. The van der Waals surface area contributed by atoms with E-state index in [1.807, 2.05) is 31.2 Å². The van der Waals surface area contributed by atoms with E-state index in [1.165, 1.54) is 18.2 Å². The summed E-state index contributed by atoms with van der Waals surface area (Å²) in [4.78, 5) is 35.9. The third-order valence-electron chi connectivity index (χ3n) is 10.2. The zero-order valence-corrected chi connectivity index (χ0v) is 30.0. The molecule has 2 N–H and O–H groups in total. The van der Waals surface area contributed by atoms with E-state index in [1.54, 1.807) is 30.6 Å². The predicted molar refractivity (Wildman–Crippen MR) is 189 cm³/mol. The first-order valence-corrected chi connectivity index (χ1v) is 17.7. The van der Waals surface area contributed by atoms with Crippen LogP contribution >= 0.6 is 0 Å². The Labute approximate surface area is 314 Å². The van der Waals surface area contributed by atoms with Crippen molar-refractivity contribution in [2.75, 3.05) is 0 Å². The molecule has 8 rings (SSSR count). The monoisotopic (exact) mass is 749 g/mol. The number of rotatable bonds is 11. The highest BCUT2D eigenvalue weighted by Crippen LogP contribution is 2.48. The topological polar surface area (TPSA) is 207 Å². The lowest BCUT2D eigenvalue weighted by Gasteiger charge is -2.41. The summed E-state index contributed by atoms with van der Waals surface area (Å²) in [5.74, 6) is -0.420. The van der Waals surface area contributed by atoms with Gasteiger partial charge < -0.3 is 14.8 Å². The molecule has 6 aromatic rings. The Kier molecular flexibility index (Phi) is 12.0. The summed E-state index contributed by atoms with van der Waals surface area (Å²) >= 11 is 0. The van der Waals surface area contributed by atoms with Gasteiger partial charge in [0, 0.05) is 35.4 Å². The molecule has 0 unspecified atom stereocenters. The third kappa shape index (κ3) is 8.87. The molecule has 282 valence electrons. The fraction of sp³-hybridized carbons (Fsp3) is 0.333. The standard InChI is InChI=1S/C19H18FN5O2.C19H19FN4O.CO2/c20-13-3-1-10-22-17(13)19(7-2-8-19)9-6-12-4-5-14(24-23-12)15-11-16(18(21)26)27-25-15;1-13-12-17(24-25-13)16-6-5-14(22-23-16)7-10-19(8-3-9-19)18-15(20)4-2-11-21-18;2-1-3/h1,3-5,10-11H,2,6-9H2,(H2,21,26);2,4-6,11-12H,3,7-10H2,1H3;. The maximum Gasteiger partial charge on any atom is 0.373 e. The van der Waals surface area contributed by atoms with Crippen molar-refractivity contribution in [1.82, 2.24) is 40.7 Å². The van der Waals surface area contributed by atoms with Crippen molar-refractivity contribution >= 4 is 12.1 Å². The van der Waals surface area contributed by atoms with Gasteiger partial charge >= 0.3 is 6.15 Å². The number of nitrogens with zero attached hydrogens (tertiary/aromatic N) is 8. The molecule has 0 spiro atoms. The maximum absolute atomic E-state index is 14.2. The minimum Gasteiger partial charge on any atom is -0.363 e. The van der Waals surface area contributed by atoms with Crippen LogP contribution in [-0.4, -0.2) is 52.7 Å². The van der Waals surface area contributed by atoms with Gasteiger partial charge in [-0.3, -0.25) is 14.8 Å². The number of aryl methyl sites for hydroxylation is 3. The van der Waals surface area contributed by atoms with Crippen LogP contribution in [0, 0.1) is 18.6 Å². The Morgan fingerprint density at radius 2 is 1.18 bits per heavy atom. The Balaban J connectivity index is 0.000000175. The Bertz CT molecular complexity index is 2250. The summed E-state index contributed by atoms with van der Waals surface area (Å²) < 4.78 is 38.3. The molecule has 1 amide bonds. The van der Waals surface area contributed by atoms with Crippen LogP contribution in [0.15, 0.2) is 82.1 Å². The van der Waals surface area contributed by atoms with Crippen LogP contribution in [0.5, 0.6) is 0 Å². The van der Waals surface area contributed by atoms with Crippen molar-refractivity contribution in [3.05, 3.63) is 119 Å². The molecule has 2 aliphatic carbocycles. The van der Waals surface area contributed by atoms with Gasteiger partial charge in [-0.25, -0.2) is 8.78 Å². The Morgan fingerprint density at radius 1 is 0.709 bits per heavy atom. The van der Waals surface area contributed by atoms with Gasteiger partial charge in [-0.05, 0) is 107 Å². The van der Waals surface area contributed by atoms with Crippen LogP contribution in [0.2, 0.25) is 0 Å². The third-order valence-corrected chi connectivity index (χ3v) is 10.2. The normalized spacial score (nSPS) is 14.8. The van der Waals surface area contributed by atoms with Crippen molar-refractivity contribution in [3.63, 3.8) is 0 Å². The number of carbonyl (C=O) groups excluding carboxylic acids is 3. The lowest BCUT2D eigenvalue weighted by atomic mass is 9.63. The van der Waals surface area contributed by atoms with Gasteiger partial charge in [0.25, 0.3) is 5.91 Å². The second-order valence-corrected chi connectivity index (χ2v) is 13.6. The smallest absolute Gasteiger partial charge is 0.363 e. The van der Waals surface area contributed by atoms with E-state index in [2.05, 4.69) is 40.7 Å². The zero-order chi connectivity index (χ0) is 38.8. The van der Waals surface area contributed by atoms with Gasteiger partial charge in [-0.2, -0.15) is 19.8 Å². The molecule has 0 aliphatic heterocycles. The van der Waals surface area contributed by atoms with E-state index in [4.69, 9.17) is 24.4 Å². The summed E-state index contributed by atoms with van der Waals surface area (Å²) in [7, 11) is 0. The first kappa shape index (κ1) is 38.3. The average molecular weight is 750 g/mol. The van der Waals surface area contributed by atoms with Gasteiger partial charge in [0.2, 0.25) is 5.76 Å². The van der Waals surface area contributed by atoms with Crippen LogP contribution in [-0.2, 0) is 33.3 Å². The average Bonchev–Trinajstić information content (AvgIpc) is 3.84. The van der Waals surface area contributed by atoms with E-state index in [0.717, 1.165) is 74.9 Å². The molecule has 55 heavy (non-hydrogen) atoms. The van der Waals surface area contributed by atoms with Crippen LogP contribution < -0.4 is 5.73 Å². The fourth-order valence-corrected chi connectivity index (χ4v) is 6.96. The summed E-state index contributed by atoms with van der Waals surface area (Å²) in [6.07, 6.45) is 12.6. The first-order valence-electron chi connectivity index (χ1n) is 17.7. The number of amides is 1. The van der Waals surface area contributed by atoms with Crippen molar-refractivity contribution in [3.8, 4) is 22.8 Å². The van der Waals surface area contributed by atoms with E-state index in [0.29, 0.717) is 40.6 Å². The minimum atomic E-state index is -0.689. The molecular formula is C39H37F2N9O5. The van der Waals surface area contributed by atoms with Crippen molar-refractivity contribution in [2.24, 2.45) is 5.73 Å². The van der Waals surface area contributed by atoms with Crippen LogP contribution in [0.25, 0.3) is 22.8 Å². The number of hydrogen-bond donors (Lipinski definition) is 1. The predicted octanol–water partition coefficient (Wildman–Crippen LogP) is 6.26. The van der Waals surface area contributed by atoms with Crippen molar-refractivity contribution < 1.29 is 32.2 Å². The van der Waals surface area contributed by atoms with E-state index in [-0.39, 0.29) is 34.4 Å². The summed E-state index contributed by atoms with van der Waals surface area (Å²) in [5.41, 5.74) is 9.89. The van der Waals surface area contributed by atoms with E-state index >= 15 is 0 Å². The van der Waals surface area contributed by atoms with Crippen LogP contribution in [0.4, 0.5) is 8.78 Å². The molecule has 6 aromatic heterocycles. The highest BCUT2D eigenvalue weighted by Gasteiger charge is 2.42. The minimum absolute atomic E-state index is 0.0276. The number of hydrogen-bond acceptors (Lipinski definition) is 13. The number of nitrogens with two attached hydrogens (primary N) is 1. The second-order valence-electron chi connectivity index (χ2n) is 13.6. The van der Waals surface area contributed by atoms with E-state index in [9.17, 15) is 13.6 Å². The molecule has 2 aliphatic rings. The number of carbonyl (C=O) groups is 1. The van der Waals surface area contributed by atoms with Gasteiger partial charge in [0.15, 0.2) is 0 Å². The van der Waals surface area contributed by atoms with Crippen molar-refractivity contribution in [2.45, 2.75) is 82.0 Å².